The highest BCUT2D eigenvalue weighted by molar-refractivity contribution is 5.93. The van der Waals surface area contributed by atoms with E-state index in [0.717, 1.165) is 33.7 Å². The van der Waals surface area contributed by atoms with Gasteiger partial charge < -0.3 is 9.84 Å². The molecular formula is C27H20N2O8. The standard InChI is InChI=1S/C14H11NO4.C13H9NO4/c1-19-14(16)7-6-12-8-10-4-2-3-5-11(10)9-13(12)15(17)18;15-13(16)6-5-11-7-9-3-1-2-4-10(9)8-12(11)14(17)18/h2-9H,1H3;1-8H,(H,15,16)/b7-6+;6-5+. The molecule has 186 valence electrons. The van der Waals surface area contributed by atoms with Gasteiger partial charge in [0.05, 0.1) is 28.1 Å². The lowest BCUT2D eigenvalue weighted by molar-refractivity contribution is -0.385. The molecule has 0 aliphatic heterocycles. The molecule has 0 spiro atoms. The molecule has 4 aromatic carbocycles. The Balaban J connectivity index is 0.000000206. The van der Waals surface area contributed by atoms with E-state index in [-0.39, 0.29) is 16.9 Å². The maximum Gasteiger partial charge on any atom is 0.330 e. The van der Waals surface area contributed by atoms with Gasteiger partial charge in [-0.15, -0.1) is 0 Å². The van der Waals surface area contributed by atoms with Crippen LogP contribution in [0.2, 0.25) is 0 Å². The van der Waals surface area contributed by atoms with Gasteiger partial charge in [0.2, 0.25) is 0 Å². The number of esters is 1. The Labute approximate surface area is 210 Å². The van der Waals surface area contributed by atoms with Gasteiger partial charge in [-0.3, -0.25) is 20.2 Å². The first-order chi connectivity index (χ1) is 17.7. The summed E-state index contributed by atoms with van der Waals surface area (Å²) in [5.41, 5.74) is 0.500. The van der Waals surface area contributed by atoms with Crippen molar-refractivity contribution in [1.82, 2.24) is 0 Å². The number of nitro groups is 2. The number of hydrogen-bond donors (Lipinski definition) is 1. The van der Waals surface area contributed by atoms with Crippen molar-refractivity contribution >= 4 is 57.0 Å². The Bertz CT molecular complexity index is 1570. The molecule has 1 N–H and O–H groups in total. The number of hydrogen-bond acceptors (Lipinski definition) is 7. The summed E-state index contributed by atoms with van der Waals surface area (Å²) in [4.78, 5) is 42.5. The third-order valence-electron chi connectivity index (χ3n) is 5.19. The first-order valence-corrected chi connectivity index (χ1v) is 10.7. The van der Waals surface area contributed by atoms with Crippen LogP contribution in [-0.4, -0.2) is 34.0 Å². The van der Waals surface area contributed by atoms with E-state index in [9.17, 15) is 29.8 Å². The minimum absolute atomic E-state index is 0.0427. The van der Waals surface area contributed by atoms with Gasteiger partial charge >= 0.3 is 11.9 Å². The lowest BCUT2D eigenvalue weighted by atomic mass is 10.0. The highest BCUT2D eigenvalue weighted by atomic mass is 16.6. The van der Waals surface area contributed by atoms with Crippen LogP contribution in [0.3, 0.4) is 0 Å². The number of carbonyl (C=O) groups is 2. The van der Waals surface area contributed by atoms with E-state index >= 15 is 0 Å². The van der Waals surface area contributed by atoms with E-state index in [1.807, 2.05) is 30.3 Å². The number of benzene rings is 4. The van der Waals surface area contributed by atoms with E-state index in [2.05, 4.69) is 4.74 Å². The number of carboxylic acids is 1. The minimum atomic E-state index is -1.14. The fourth-order valence-corrected chi connectivity index (χ4v) is 3.46. The molecule has 4 rings (SSSR count). The Kier molecular flexibility index (Phi) is 8.40. The van der Waals surface area contributed by atoms with Crippen LogP contribution in [0.15, 0.2) is 84.9 Å². The minimum Gasteiger partial charge on any atom is -0.478 e. The second-order valence-electron chi connectivity index (χ2n) is 7.56. The average molecular weight is 500 g/mol. The SMILES string of the molecule is COC(=O)/C=C/c1cc2ccccc2cc1[N+](=O)[O-].O=C(O)/C=C/c1cc2ccccc2cc1[N+](=O)[O-]. The Morgan fingerprint density at radius 3 is 1.46 bits per heavy atom. The third-order valence-corrected chi connectivity index (χ3v) is 5.19. The maximum absolute atomic E-state index is 11.1. The van der Waals surface area contributed by atoms with Gasteiger partial charge in [-0.1, -0.05) is 48.5 Å². The highest BCUT2D eigenvalue weighted by Crippen LogP contribution is 2.28. The summed E-state index contributed by atoms with van der Waals surface area (Å²) in [6.45, 7) is 0. The third kappa shape index (κ3) is 6.83. The number of rotatable bonds is 6. The molecule has 0 radical (unpaired) electrons. The predicted octanol–water partition coefficient (Wildman–Crippen LogP) is 5.78. The van der Waals surface area contributed by atoms with Gasteiger partial charge in [0.15, 0.2) is 0 Å². The van der Waals surface area contributed by atoms with Crippen molar-refractivity contribution in [3.8, 4) is 0 Å². The van der Waals surface area contributed by atoms with Gasteiger partial charge in [-0.05, 0) is 45.8 Å². The largest absolute Gasteiger partial charge is 0.478 e. The summed E-state index contributed by atoms with van der Waals surface area (Å²) in [7, 11) is 1.25. The average Bonchev–Trinajstić information content (AvgIpc) is 2.89. The number of fused-ring (bicyclic) bond motifs is 2. The molecule has 0 heterocycles. The molecule has 0 bridgehead atoms. The lowest BCUT2D eigenvalue weighted by Crippen LogP contribution is -1.95. The number of carbonyl (C=O) groups excluding carboxylic acids is 1. The molecule has 0 saturated carbocycles. The van der Waals surface area contributed by atoms with Crippen molar-refractivity contribution in [1.29, 1.82) is 0 Å². The van der Waals surface area contributed by atoms with Gasteiger partial charge in [0.1, 0.15) is 0 Å². The van der Waals surface area contributed by atoms with Gasteiger partial charge in [0.25, 0.3) is 11.4 Å². The summed E-state index contributed by atoms with van der Waals surface area (Å²) in [6.07, 6.45) is 4.66. The van der Waals surface area contributed by atoms with Crippen molar-refractivity contribution in [3.05, 3.63) is 116 Å². The molecule has 0 amide bonds. The molecule has 0 aromatic heterocycles. The first kappa shape index (κ1) is 26.2. The fraction of sp³-hybridized carbons (Fsp3) is 0.0370. The smallest absolute Gasteiger partial charge is 0.330 e. The second-order valence-corrected chi connectivity index (χ2v) is 7.56. The number of carboxylic acid groups (broad SMARTS) is 1. The summed E-state index contributed by atoms with van der Waals surface area (Å²) in [5.74, 6) is -1.69. The Hall–Kier alpha value is -5.38. The van der Waals surface area contributed by atoms with E-state index in [4.69, 9.17) is 5.11 Å². The van der Waals surface area contributed by atoms with Crippen LogP contribution in [0.1, 0.15) is 11.1 Å². The molecule has 37 heavy (non-hydrogen) atoms. The van der Waals surface area contributed by atoms with Crippen LogP contribution < -0.4 is 0 Å². The van der Waals surface area contributed by atoms with Gasteiger partial charge in [0, 0.05) is 24.3 Å². The van der Waals surface area contributed by atoms with Crippen molar-refractivity contribution in [2.24, 2.45) is 0 Å². The van der Waals surface area contributed by atoms with Crippen LogP contribution in [0.5, 0.6) is 0 Å². The molecule has 10 heteroatoms. The van der Waals surface area contributed by atoms with Crippen LogP contribution in [0.4, 0.5) is 11.4 Å². The normalized spacial score (nSPS) is 10.8. The topological polar surface area (TPSA) is 150 Å². The molecular weight excluding hydrogens is 480 g/mol. The second kappa shape index (κ2) is 11.8. The van der Waals surface area contributed by atoms with Crippen molar-refractivity contribution in [2.45, 2.75) is 0 Å². The van der Waals surface area contributed by atoms with Crippen LogP contribution in [0.25, 0.3) is 33.7 Å². The molecule has 0 aliphatic carbocycles. The lowest BCUT2D eigenvalue weighted by Gasteiger charge is -2.01. The van der Waals surface area contributed by atoms with E-state index in [1.54, 1.807) is 30.3 Å². The highest BCUT2D eigenvalue weighted by Gasteiger charge is 2.14. The van der Waals surface area contributed by atoms with Crippen LogP contribution in [-0.2, 0) is 14.3 Å². The van der Waals surface area contributed by atoms with Crippen LogP contribution >= 0.6 is 0 Å². The number of aliphatic carboxylic acids is 1. The number of nitrogens with zero attached hydrogens (tertiary/aromatic N) is 2. The Morgan fingerprint density at radius 2 is 1.11 bits per heavy atom. The molecule has 4 aromatic rings. The van der Waals surface area contributed by atoms with Gasteiger partial charge in [-0.25, -0.2) is 9.59 Å². The predicted molar refractivity (Wildman–Crippen MR) is 139 cm³/mol. The zero-order valence-corrected chi connectivity index (χ0v) is 19.4. The molecule has 0 unspecified atom stereocenters. The molecule has 0 saturated heterocycles. The zero-order chi connectivity index (χ0) is 26.9. The van der Waals surface area contributed by atoms with Crippen molar-refractivity contribution in [3.63, 3.8) is 0 Å². The fourth-order valence-electron chi connectivity index (χ4n) is 3.46. The summed E-state index contributed by atoms with van der Waals surface area (Å²) in [6, 6.07) is 20.7. The molecule has 0 aliphatic rings. The summed E-state index contributed by atoms with van der Waals surface area (Å²) >= 11 is 0. The molecule has 0 fully saturated rings. The summed E-state index contributed by atoms with van der Waals surface area (Å²) in [5, 5.41) is 33.8. The number of ether oxygens (including phenoxy) is 1. The summed E-state index contributed by atoms with van der Waals surface area (Å²) < 4.78 is 4.46. The van der Waals surface area contributed by atoms with Crippen molar-refractivity contribution in [2.75, 3.05) is 7.11 Å². The molecule has 10 nitrogen and oxygen atoms in total. The molecule has 0 atom stereocenters. The first-order valence-electron chi connectivity index (χ1n) is 10.7. The Morgan fingerprint density at radius 1 is 0.730 bits per heavy atom. The number of methoxy groups -OCH3 is 1. The van der Waals surface area contributed by atoms with Crippen molar-refractivity contribution < 1.29 is 29.3 Å². The maximum atomic E-state index is 11.1. The zero-order valence-electron chi connectivity index (χ0n) is 19.4. The van der Waals surface area contributed by atoms with Gasteiger partial charge in [-0.2, -0.15) is 0 Å². The van der Waals surface area contributed by atoms with Crippen LogP contribution in [0, 0.1) is 20.2 Å². The van der Waals surface area contributed by atoms with E-state index < -0.39 is 21.8 Å². The quantitative estimate of drug-likeness (QED) is 0.151. The monoisotopic (exact) mass is 500 g/mol. The number of nitro benzene ring substituents is 2. The van der Waals surface area contributed by atoms with E-state index in [1.165, 1.54) is 31.4 Å². The van der Waals surface area contributed by atoms with E-state index in [0.29, 0.717) is 5.56 Å².